The van der Waals surface area contributed by atoms with Crippen LogP contribution in [-0.4, -0.2) is 14.2 Å². The Morgan fingerprint density at radius 2 is 1.79 bits per heavy atom. The Morgan fingerprint density at radius 1 is 1.11 bits per heavy atom. The van der Waals surface area contributed by atoms with Crippen LogP contribution in [0.1, 0.15) is 21.2 Å². The predicted octanol–water partition coefficient (Wildman–Crippen LogP) is 0.465. The third kappa shape index (κ3) is 4.49. The molecule has 3 nitrogen and oxygen atoms in total. The Kier molecular flexibility index (Phi) is 6.33. The number of rotatable bonds is 5. The van der Waals surface area contributed by atoms with Crippen molar-refractivity contribution in [2.24, 2.45) is 0 Å². The van der Waals surface area contributed by atoms with Crippen molar-refractivity contribution in [3.8, 4) is 5.75 Å². The summed E-state index contributed by atoms with van der Waals surface area (Å²) < 4.78 is 28.8. The number of benzene rings is 2. The maximum Gasteiger partial charge on any atom is 1.00 e. The van der Waals surface area contributed by atoms with Gasteiger partial charge in [0.05, 0.1) is 5.75 Å². The second-order valence-corrected chi connectivity index (χ2v) is 5.87. The molecule has 0 atom stereocenters. The fraction of sp³-hybridized carbons (Fsp3) is 0.286. The number of hydrogen-bond donors (Lipinski definition) is 0. The molecule has 0 aliphatic rings. The molecule has 0 bridgehead atoms. The van der Waals surface area contributed by atoms with Crippen molar-refractivity contribution in [2.45, 2.75) is 19.8 Å². The van der Waals surface area contributed by atoms with Crippen molar-refractivity contribution in [2.75, 3.05) is 5.75 Å². The summed E-state index contributed by atoms with van der Waals surface area (Å²) in [5, 5.41) is 1.79. The van der Waals surface area contributed by atoms with Crippen LogP contribution in [0.2, 0.25) is 0 Å². The van der Waals surface area contributed by atoms with Gasteiger partial charge in [-0.15, -0.1) is 0 Å². The molecular formula is C14H17NaO3S. The van der Waals surface area contributed by atoms with Gasteiger partial charge in [-0.25, -0.2) is 0 Å². The van der Waals surface area contributed by atoms with E-state index in [9.17, 15) is 8.42 Å². The average Bonchev–Trinajstić information content (AvgIpc) is 2.37. The molecule has 0 N–H and O–H groups in total. The Labute approximate surface area is 137 Å². The smallest absolute Gasteiger partial charge is 1.00 e. The van der Waals surface area contributed by atoms with Crippen molar-refractivity contribution >= 4 is 20.9 Å². The van der Waals surface area contributed by atoms with Gasteiger partial charge in [0.15, 0.2) is 0 Å². The predicted molar refractivity (Wildman–Crippen MR) is 74.4 cm³/mol. The zero-order valence-electron chi connectivity index (χ0n) is 12.3. The SMILES string of the molecule is CCCCS(=O)(=O)Oc1cccc2ccccc12.[H-].[Na+]. The maximum absolute atomic E-state index is 11.8. The van der Waals surface area contributed by atoms with Gasteiger partial charge in [0, 0.05) is 5.39 Å². The first-order valence-electron chi connectivity index (χ1n) is 6.02. The summed E-state index contributed by atoms with van der Waals surface area (Å²) in [6.45, 7) is 1.95. The monoisotopic (exact) mass is 288 g/mol. The van der Waals surface area contributed by atoms with E-state index in [1.54, 1.807) is 12.1 Å². The Balaban J connectivity index is 0.00000180. The third-order valence-electron chi connectivity index (χ3n) is 2.71. The molecule has 0 amide bonds. The zero-order chi connectivity index (χ0) is 13.0. The standard InChI is InChI=1S/C14H16O3S.Na.H/c1-2-3-11-18(15,16)17-14-10-6-8-12-7-4-5-9-13(12)14;;/h4-10H,2-3,11H2,1H3;;/q;+1;-1. The van der Waals surface area contributed by atoms with Gasteiger partial charge >= 0.3 is 39.7 Å². The van der Waals surface area contributed by atoms with Crippen LogP contribution in [0.25, 0.3) is 10.8 Å². The largest absolute Gasteiger partial charge is 1.00 e. The van der Waals surface area contributed by atoms with Crippen molar-refractivity contribution in [3.63, 3.8) is 0 Å². The van der Waals surface area contributed by atoms with Crippen LogP contribution in [0.4, 0.5) is 0 Å². The van der Waals surface area contributed by atoms with Crippen LogP contribution >= 0.6 is 0 Å². The first-order chi connectivity index (χ1) is 8.62. The molecule has 0 unspecified atom stereocenters. The van der Waals surface area contributed by atoms with E-state index in [-0.39, 0.29) is 36.7 Å². The summed E-state index contributed by atoms with van der Waals surface area (Å²) in [5.41, 5.74) is 0. The van der Waals surface area contributed by atoms with E-state index in [2.05, 4.69) is 0 Å². The maximum atomic E-state index is 11.8. The van der Waals surface area contributed by atoms with E-state index >= 15 is 0 Å². The van der Waals surface area contributed by atoms with Gasteiger partial charge in [0.1, 0.15) is 5.75 Å². The van der Waals surface area contributed by atoms with Gasteiger partial charge in [-0.1, -0.05) is 49.7 Å². The fourth-order valence-electron chi connectivity index (χ4n) is 1.77. The van der Waals surface area contributed by atoms with Crippen LogP contribution in [-0.2, 0) is 10.1 Å². The summed E-state index contributed by atoms with van der Waals surface area (Å²) in [5.74, 6) is 0.469. The molecule has 98 valence electrons. The van der Waals surface area contributed by atoms with Gasteiger partial charge in [0.2, 0.25) is 0 Å². The molecule has 0 heterocycles. The molecule has 0 fully saturated rings. The first-order valence-corrected chi connectivity index (χ1v) is 7.60. The summed E-state index contributed by atoms with van der Waals surface area (Å²) in [4.78, 5) is 0. The van der Waals surface area contributed by atoms with Crippen LogP contribution in [0, 0.1) is 0 Å². The van der Waals surface area contributed by atoms with Gasteiger partial charge in [-0.2, -0.15) is 8.42 Å². The molecule has 5 heteroatoms. The second kappa shape index (κ2) is 7.29. The molecule has 0 radical (unpaired) electrons. The molecule has 2 aromatic carbocycles. The topological polar surface area (TPSA) is 43.4 Å². The van der Waals surface area contributed by atoms with Crippen molar-refractivity contribution in [3.05, 3.63) is 42.5 Å². The van der Waals surface area contributed by atoms with Crippen LogP contribution in [0.3, 0.4) is 0 Å². The van der Waals surface area contributed by atoms with Gasteiger partial charge in [0.25, 0.3) is 0 Å². The van der Waals surface area contributed by atoms with Gasteiger partial charge in [-0.3, -0.25) is 0 Å². The van der Waals surface area contributed by atoms with E-state index in [4.69, 9.17) is 4.18 Å². The van der Waals surface area contributed by atoms with Gasteiger partial charge < -0.3 is 5.61 Å². The van der Waals surface area contributed by atoms with E-state index < -0.39 is 10.1 Å². The van der Waals surface area contributed by atoms with Crippen molar-refractivity contribution < 1.29 is 43.6 Å². The third-order valence-corrected chi connectivity index (χ3v) is 3.94. The minimum Gasteiger partial charge on any atom is -1.00 e. The van der Waals surface area contributed by atoms with E-state index in [1.807, 2.05) is 37.3 Å². The Hall–Kier alpha value is -0.550. The van der Waals surface area contributed by atoms with Gasteiger partial charge in [-0.05, 0) is 17.9 Å². The molecule has 19 heavy (non-hydrogen) atoms. The van der Waals surface area contributed by atoms with E-state index in [0.29, 0.717) is 12.2 Å². The number of hydrogen-bond acceptors (Lipinski definition) is 3. The quantitative estimate of drug-likeness (QED) is 0.593. The van der Waals surface area contributed by atoms with Crippen LogP contribution in [0.5, 0.6) is 5.75 Å². The summed E-state index contributed by atoms with van der Waals surface area (Å²) in [6.07, 6.45) is 1.45. The van der Waals surface area contributed by atoms with Crippen LogP contribution in [0.15, 0.2) is 42.5 Å². The summed E-state index contributed by atoms with van der Waals surface area (Å²) in [7, 11) is -3.49. The zero-order valence-corrected chi connectivity index (χ0v) is 14.1. The fourth-order valence-corrected chi connectivity index (χ4v) is 2.91. The Bertz CT molecular complexity index is 638. The average molecular weight is 288 g/mol. The minimum absolute atomic E-state index is 0. The van der Waals surface area contributed by atoms with Crippen LogP contribution < -0.4 is 33.7 Å². The van der Waals surface area contributed by atoms with E-state index in [0.717, 1.165) is 17.2 Å². The molecule has 0 saturated carbocycles. The first kappa shape index (κ1) is 16.5. The number of unbranched alkanes of at least 4 members (excludes halogenated alkanes) is 1. The summed E-state index contributed by atoms with van der Waals surface area (Å²) in [6, 6.07) is 13.0. The normalized spacial score (nSPS) is 11.0. The molecule has 0 aliphatic heterocycles. The molecule has 2 aromatic rings. The molecule has 0 spiro atoms. The number of fused-ring (bicyclic) bond motifs is 1. The molecule has 0 aliphatic carbocycles. The van der Waals surface area contributed by atoms with Crippen molar-refractivity contribution in [1.82, 2.24) is 0 Å². The molecule has 2 rings (SSSR count). The summed E-state index contributed by atoms with van der Waals surface area (Å²) >= 11 is 0. The van der Waals surface area contributed by atoms with Crippen molar-refractivity contribution in [1.29, 1.82) is 0 Å². The van der Waals surface area contributed by atoms with E-state index in [1.165, 1.54) is 0 Å². The molecule has 0 aromatic heterocycles. The molecule has 0 saturated heterocycles. The molecular weight excluding hydrogens is 271 g/mol. The Morgan fingerprint density at radius 3 is 2.53 bits per heavy atom. The minimum atomic E-state index is -3.49. The second-order valence-electron chi connectivity index (χ2n) is 4.18.